The number of fused-ring (bicyclic) bond motifs is 5. The second-order valence-corrected chi connectivity index (χ2v) is 14.3. The van der Waals surface area contributed by atoms with Gasteiger partial charge in [0.25, 0.3) is 0 Å². The molecule has 2 N–H and O–H groups in total. The van der Waals surface area contributed by atoms with Crippen LogP contribution in [0.1, 0.15) is 48.9 Å². The molecule has 234 valence electrons. The van der Waals surface area contributed by atoms with E-state index in [2.05, 4.69) is 21.0 Å². The van der Waals surface area contributed by atoms with Crippen LogP contribution in [0, 0.1) is 18.2 Å². The van der Waals surface area contributed by atoms with Gasteiger partial charge in [-0.2, -0.15) is 9.97 Å². The van der Waals surface area contributed by atoms with Gasteiger partial charge in [0, 0.05) is 56.1 Å². The van der Waals surface area contributed by atoms with Crippen LogP contribution in [0.4, 0.5) is 14.6 Å². The van der Waals surface area contributed by atoms with E-state index in [1.165, 1.54) is 18.2 Å². The molecule has 5 atom stereocenters. The summed E-state index contributed by atoms with van der Waals surface area (Å²) in [7, 11) is -0.0692. The van der Waals surface area contributed by atoms with Crippen molar-refractivity contribution in [2.45, 2.75) is 60.8 Å². The summed E-state index contributed by atoms with van der Waals surface area (Å²) in [4.78, 5) is 14.5. The summed E-state index contributed by atoms with van der Waals surface area (Å²) in [6.45, 7) is 2.94. The van der Waals surface area contributed by atoms with Gasteiger partial charge in [-0.25, -0.2) is 13.0 Å². The lowest BCUT2D eigenvalue weighted by Crippen LogP contribution is -2.52. The maximum absolute atomic E-state index is 14.9. The first-order valence-corrected chi connectivity index (χ1v) is 16.6. The third kappa shape index (κ3) is 4.66. The maximum Gasteiger partial charge on any atom is 0.319 e. The predicted molar refractivity (Wildman–Crippen MR) is 168 cm³/mol. The summed E-state index contributed by atoms with van der Waals surface area (Å²) in [5.41, 5.74) is 0.976. The Morgan fingerprint density at radius 1 is 1.22 bits per heavy atom. The molecule has 4 saturated heterocycles. The first kappa shape index (κ1) is 28.7. The van der Waals surface area contributed by atoms with Crippen molar-refractivity contribution in [1.29, 1.82) is 0 Å². The van der Waals surface area contributed by atoms with Gasteiger partial charge in [-0.3, -0.25) is 9.21 Å². The molecular formula is C33H34F2N6O3S. The van der Waals surface area contributed by atoms with Gasteiger partial charge in [-0.15, -0.1) is 6.42 Å². The van der Waals surface area contributed by atoms with Crippen LogP contribution in [-0.4, -0.2) is 92.1 Å². The average molecular weight is 633 g/mol. The minimum Gasteiger partial charge on any atom is -0.508 e. The molecule has 3 unspecified atom stereocenters. The zero-order valence-corrected chi connectivity index (χ0v) is 25.7. The molecular weight excluding hydrogens is 598 g/mol. The van der Waals surface area contributed by atoms with Crippen LogP contribution < -0.4 is 15.0 Å². The number of piperazine rings is 1. The molecule has 0 saturated carbocycles. The van der Waals surface area contributed by atoms with Crippen molar-refractivity contribution in [3.63, 3.8) is 0 Å². The Morgan fingerprint density at radius 3 is 2.80 bits per heavy atom. The Hall–Kier alpha value is -3.79. The topological polar surface area (TPSA) is 94.1 Å². The lowest BCUT2D eigenvalue weighted by atomic mass is 9.95. The SMILES string of the molecule is C#Cc1c(F)ccc2cc(O)cc(C3=Cc4nc(OC[C@@]56CCCN5C[C@H](F)C6)nc(N5CC6CCC(C5)N6)c4S(=O)N3C)c12. The van der Waals surface area contributed by atoms with E-state index in [1.54, 1.807) is 23.5 Å². The average Bonchev–Trinajstić information content (AvgIpc) is 3.67. The number of alkyl halides is 1. The summed E-state index contributed by atoms with van der Waals surface area (Å²) in [6.07, 6.45) is 11.0. The van der Waals surface area contributed by atoms with Gasteiger partial charge in [0.2, 0.25) is 0 Å². The number of hydrogen-bond acceptors (Lipinski definition) is 8. The molecule has 0 amide bonds. The standard InChI is InChI=1S/C33H34F2N6O3S/c1-3-24-26(35)8-5-19-11-23(42)12-25(29(19)24)28-13-27-30(45(43)39(28)2)31(40-16-21-6-7-22(17-40)36-21)38-32(37-27)44-18-33-9-4-10-41(33)15-20(34)14-33/h1,5,8,11-13,20-22,36,42H,4,6-7,9-10,14-18H2,2H3/t20-,21?,22?,33+,45?/m1/s1. The highest BCUT2D eigenvalue weighted by Crippen LogP contribution is 2.43. The number of phenols is 1. The van der Waals surface area contributed by atoms with Gasteiger partial charge in [-0.1, -0.05) is 12.0 Å². The van der Waals surface area contributed by atoms with Crippen molar-refractivity contribution in [2.24, 2.45) is 0 Å². The monoisotopic (exact) mass is 632 g/mol. The van der Waals surface area contributed by atoms with Crippen LogP contribution >= 0.6 is 0 Å². The molecule has 0 spiro atoms. The highest BCUT2D eigenvalue weighted by atomic mass is 32.2. The first-order chi connectivity index (χ1) is 21.7. The Labute approximate surface area is 262 Å². The minimum absolute atomic E-state index is 0.0373. The number of hydrogen-bond donors (Lipinski definition) is 2. The molecule has 9 nitrogen and oxygen atoms in total. The number of nitrogens with one attached hydrogen (secondary N) is 1. The Morgan fingerprint density at radius 2 is 2.02 bits per heavy atom. The zero-order chi connectivity index (χ0) is 31.0. The molecule has 45 heavy (non-hydrogen) atoms. The molecule has 2 bridgehead atoms. The van der Waals surface area contributed by atoms with Crippen LogP contribution in [0.2, 0.25) is 0 Å². The highest BCUT2D eigenvalue weighted by Gasteiger charge is 2.49. The quantitative estimate of drug-likeness (QED) is 0.411. The second-order valence-electron chi connectivity index (χ2n) is 12.9. The fraction of sp³-hybridized carbons (Fsp3) is 0.455. The third-order valence-electron chi connectivity index (χ3n) is 10.1. The van der Waals surface area contributed by atoms with E-state index in [1.807, 2.05) is 0 Å². The fourth-order valence-electron chi connectivity index (χ4n) is 8.06. The molecule has 8 rings (SSSR count). The van der Waals surface area contributed by atoms with E-state index in [0.29, 0.717) is 76.6 Å². The van der Waals surface area contributed by atoms with Gasteiger partial charge in [0.15, 0.2) is 16.8 Å². The second kappa shape index (κ2) is 10.6. The van der Waals surface area contributed by atoms with Crippen molar-refractivity contribution in [2.75, 3.05) is 44.7 Å². The van der Waals surface area contributed by atoms with Crippen LogP contribution in [0.3, 0.4) is 0 Å². The van der Waals surface area contributed by atoms with Crippen molar-refractivity contribution in [1.82, 2.24) is 24.5 Å². The van der Waals surface area contributed by atoms with Gasteiger partial charge in [0.05, 0.1) is 22.5 Å². The largest absolute Gasteiger partial charge is 0.508 e. The highest BCUT2D eigenvalue weighted by molar-refractivity contribution is 7.83. The summed E-state index contributed by atoms with van der Waals surface area (Å²) >= 11 is 0. The van der Waals surface area contributed by atoms with Gasteiger partial charge >= 0.3 is 6.01 Å². The molecule has 3 aromatic rings. The zero-order valence-electron chi connectivity index (χ0n) is 24.9. The molecule has 6 heterocycles. The van der Waals surface area contributed by atoms with Crippen LogP contribution in [0.25, 0.3) is 22.5 Å². The lowest BCUT2D eigenvalue weighted by Gasteiger charge is -2.36. The number of anilines is 1. The smallest absolute Gasteiger partial charge is 0.319 e. The number of benzene rings is 2. The van der Waals surface area contributed by atoms with Crippen LogP contribution in [0.5, 0.6) is 11.8 Å². The minimum atomic E-state index is -1.76. The number of rotatable bonds is 5. The Kier molecular flexibility index (Phi) is 6.78. The van der Waals surface area contributed by atoms with Crippen LogP contribution in [-0.2, 0) is 11.0 Å². The number of halogens is 2. The number of phenolic OH excluding ortho intramolecular Hbond substituents is 1. The maximum atomic E-state index is 14.9. The lowest BCUT2D eigenvalue weighted by molar-refractivity contribution is 0.107. The van der Waals surface area contributed by atoms with E-state index in [4.69, 9.17) is 21.1 Å². The fourth-order valence-corrected chi connectivity index (χ4v) is 9.28. The molecule has 5 aliphatic rings. The molecule has 12 heteroatoms. The number of aromatic hydroxyl groups is 1. The molecule has 2 aromatic carbocycles. The normalized spacial score (nSPS) is 29.1. The van der Waals surface area contributed by atoms with Crippen molar-refractivity contribution < 1.29 is 22.8 Å². The van der Waals surface area contributed by atoms with Gasteiger partial charge in [-0.05, 0) is 61.9 Å². The van der Waals surface area contributed by atoms with Crippen molar-refractivity contribution in [3.8, 4) is 24.1 Å². The van der Waals surface area contributed by atoms with E-state index < -0.39 is 23.0 Å². The third-order valence-corrected chi connectivity index (χ3v) is 11.5. The molecule has 4 fully saturated rings. The van der Waals surface area contributed by atoms with E-state index in [9.17, 15) is 18.1 Å². The molecule has 0 aliphatic carbocycles. The Bertz CT molecular complexity index is 1820. The van der Waals surface area contributed by atoms with E-state index in [-0.39, 0.29) is 29.5 Å². The number of aromatic nitrogens is 2. The molecule has 5 aliphatic heterocycles. The number of nitrogens with zero attached hydrogens (tertiary/aromatic N) is 5. The summed E-state index contributed by atoms with van der Waals surface area (Å²) in [5.74, 6) is 2.41. The molecule has 0 radical (unpaired) electrons. The molecule has 1 aromatic heterocycles. The van der Waals surface area contributed by atoms with E-state index >= 15 is 0 Å². The van der Waals surface area contributed by atoms with Gasteiger partial charge in [0.1, 0.15) is 29.2 Å². The number of terminal acetylenes is 1. The van der Waals surface area contributed by atoms with Gasteiger partial charge < -0.3 is 20.1 Å². The summed E-state index contributed by atoms with van der Waals surface area (Å²) in [6, 6.07) is 6.62. The first-order valence-electron chi connectivity index (χ1n) is 15.5. The van der Waals surface area contributed by atoms with Crippen molar-refractivity contribution in [3.05, 3.63) is 46.9 Å². The Balaban J connectivity index is 1.27. The number of ether oxygens (including phenoxy) is 1. The summed E-state index contributed by atoms with van der Waals surface area (Å²) in [5, 5.41) is 15.3. The van der Waals surface area contributed by atoms with E-state index in [0.717, 1.165) is 32.2 Å². The van der Waals surface area contributed by atoms with Crippen LogP contribution in [0.15, 0.2) is 29.2 Å². The predicted octanol–water partition coefficient (Wildman–Crippen LogP) is 3.82. The summed E-state index contributed by atoms with van der Waals surface area (Å²) < 4.78 is 51.7. The van der Waals surface area contributed by atoms with Crippen molar-refractivity contribution >= 4 is 39.3 Å².